The van der Waals surface area contributed by atoms with Crippen LogP contribution in [0.4, 0.5) is 10.6 Å². The van der Waals surface area contributed by atoms with Gasteiger partial charge in [0.1, 0.15) is 10.2 Å². The smallest absolute Gasteiger partial charge is 0.408 e. The fourth-order valence-corrected chi connectivity index (χ4v) is 2.99. The van der Waals surface area contributed by atoms with E-state index in [0.29, 0.717) is 36.4 Å². The molecule has 0 atom stereocenters. The van der Waals surface area contributed by atoms with Crippen LogP contribution in [0.5, 0.6) is 0 Å². The van der Waals surface area contributed by atoms with Gasteiger partial charge < -0.3 is 19.7 Å². The number of halogens is 1. The van der Waals surface area contributed by atoms with Gasteiger partial charge in [0.15, 0.2) is 11.5 Å². The predicted octanol–water partition coefficient (Wildman–Crippen LogP) is 2.91. The highest BCUT2D eigenvalue weighted by Gasteiger charge is 2.35. The summed E-state index contributed by atoms with van der Waals surface area (Å²) in [6.45, 7) is 8.72. The number of anilines is 1. The third kappa shape index (κ3) is 5.30. The molecule has 9 heteroatoms. The molecule has 1 aromatic rings. The molecule has 1 saturated heterocycles. The molecule has 0 unspecified atom stereocenters. The van der Waals surface area contributed by atoms with Crippen LogP contribution in [0.15, 0.2) is 10.8 Å². The van der Waals surface area contributed by atoms with E-state index in [1.54, 1.807) is 6.20 Å². The number of alkyl carbamates (subject to hydrolysis) is 1. The van der Waals surface area contributed by atoms with Crippen molar-refractivity contribution in [3.05, 3.63) is 16.5 Å². The monoisotopic (exact) mass is 428 g/mol. The van der Waals surface area contributed by atoms with Crippen LogP contribution in [0.1, 0.15) is 51.0 Å². The number of esters is 1. The summed E-state index contributed by atoms with van der Waals surface area (Å²) < 4.78 is 10.6. The quantitative estimate of drug-likeness (QED) is 0.739. The molecule has 144 valence electrons. The van der Waals surface area contributed by atoms with Crippen LogP contribution in [0.25, 0.3) is 0 Å². The molecule has 0 aliphatic carbocycles. The number of carbonyl (C=O) groups excluding carboxylic acids is 2. The Hall–Kier alpha value is -1.90. The molecule has 1 aliphatic rings. The number of rotatable bonds is 3. The average molecular weight is 429 g/mol. The maximum Gasteiger partial charge on any atom is 0.408 e. The van der Waals surface area contributed by atoms with Crippen LogP contribution >= 0.6 is 15.9 Å². The lowest BCUT2D eigenvalue weighted by Crippen LogP contribution is -2.54. The summed E-state index contributed by atoms with van der Waals surface area (Å²) in [6.07, 6.45) is 2.50. The number of hydrogen-bond donors (Lipinski definition) is 1. The highest BCUT2D eigenvalue weighted by molar-refractivity contribution is 9.10. The second-order valence-electron chi connectivity index (χ2n) is 7.53. The molecule has 0 bridgehead atoms. The van der Waals surface area contributed by atoms with Crippen molar-refractivity contribution >= 4 is 33.8 Å². The van der Waals surface area contributed by atoms with E-state index >= 15 is 0 Å². The molecule has 1 amide bonds. The van der Waals surface area contributed by atoms with Crippen LogP contribution in [-0.2, 0) is 9.47 Å². The van der Waals surface area contributed by atoms with E-state index in [4.69, 9.17) is 9.47 Å². The first-order chi connectivity index (χ1) is 12.0. The van der Waals surface area contributed by atoms with Gasteiger partial charge in [0.25, 0.3) is 0 Å². The van der Waals surface area contributed by atoms with Gasteiger partial charge >= 0.3 is 12.1 Å². The Balaban J connectivity index is 2.06. The van der Waals surface area contributed by atoms with Crippen molar-refractivity contribution in [3.63, 3.8) is 0 Å². The Morgan fingerprint density at radius 3 is 2.46 bits per heavy atom. The van der Waals surface area contributed by atoms with E-state index < -0.39 is 17.7 Å². The number of methoxy groups -OCH3 is 1. The largest absolute Gasteiger partial charge is 0.464 e. The summed E-state index contributed by atoms with van der Waals surface area (Å²) in [4.78, 5) is 34.6. The third-order valence-electron chi connectivity index (χ3n) is 4.07. The van der Waals surface area contributed by atoms with Crippen LogP contribution in [0.3, 0.4) is 0 Å². The number of carbonyl (C=O) groups is 2. The fraction of sp³-hybridized carbons (Fsp3) is 0.647. The summed E-state index contributed by atoms with van der Waals surface area (Å²) in [5.41, 5.74) is -0.748. The Bertz CT molecular complexity index is 682. The van der Waals surface area contributed by atoms with E-state index in [1.165, 1.54) is 7.11 Å². The van der Waals surface area contributed by atoms with Crippen molar-refractivity contribution < 1.29 is 19.1 Å². The topological polar surface area (TPSA) is 93.6 Å². The standard InChI is InChI=1S/C17H25BrN4O4/c1-16(2,3)26-15(24)21-17(4)6-8-22(9-7-17)13-12(14(23)25-5)20-11(18)10-19-13/h10H,6-9H2,1-5H3,(H,21,24). The van der Waals surface area contributed by atoms with Gasteiger partial charge in [-0.25, -0.2) is 19.6 Å². The molecule has 1 aromatic heterocycles. The summed E-state index contributed by atoms with van der Waals surface area (Å²) in [7, 11) is 1.31. The van der Waals surface area contributed by atoms with E-state index in [-0.39, 0.29) is 11.2 Å². The molecule has 1 aliphatic heterocycles. The Labute approximate surface area is 161 Å². The lowest BCUT2D eigenvalue weighted by atomic mass is 9.89. The Morgan fingerprint density at radius 2 is 1.92 bits per heavy atom. The van der Waals surface area contributed by atoms with Gasteiger partial charge in [-0.3, -0.25) is 0 Å². The first-order valence-electron chi connectivity index (χ1n) is 8.40. The Kier molecular flexibility index (Phi) is 6.10. The van der Waals surface area contributed by atoms with Gasteiger partial charge in [0, 0.05) is 18.6 Å². The molecular formula is C17H25BrN4O4. The second-order valence-corrected chi connectivity index (χ2v) is 8.34. The fourth-order valence-electron chi connectivity index (χ4n) is 2.71. The van der Waals surface area contributed by atoms with Gasteiger partial charge in [-0.15, -0.1) is 0 Å². The lowest BCUT2D eigenvalue weighted by molar-refractivity contribution is 0.0448. The molecule has 26 heavy (non-hydrogen) atoms. The van der Waals surface area contributed by atoms with Crippen molar-refractivity contribution in [1.82, 2.24) is 15.3 Å². The maximum atomic E-state index is 12.1. The van der Waals surface area contributed by atoms with Gasteiger partial charge in [-0.2, -0.15) is 0 Å². The lowest BCUT2D eigenvalue weighted by Gasteiger charge is -2.40. The van der Waals surface area contributed by atoms with E-state index in [0.717, 1.165) is 0 Å². The van der Waals surface area contributed by atoms with Crippen LogP contribution in [-0.4, -0.2) is 53.4 Å². The number of nitrogens with one attached hydrogen (secondary N) is 1. The predicted molar refractivity (Wildman–Crippen MR) is 100 cm³/mol. The van der Waals surface area contributed by atoms with E-state index in [1.807, 2.05) is 32.6 Å². The molecule has 0 radical (unpaired) electrons. The molecule has 2 heterocycles. The van der Waals surface area contributed by atoms with Gasteiger partial charge in [0.2, 0.25) is 0 Å². The van der Waals surface area contributed by atoms with E-state index in [9.17, 15) is 9.59 Å². The molecule has 1 N–H and O–H groups in total. The molecule has 8 nitrogen and oxygen atoms in total. The van der Waals surface area contributed by atoms with Crippen LogP contribution in [0.2, 0.25) is 0 Å². The zero-order valence-corrected chi connectivity index (χ0v) is 17.3. The minimum absolute atomic E-state index is 0.172. The number of hydrogen-bond acceptors (Lipinski definition) is 7. The summed E-state index contributed by atoms with van der Waals surface area (Å²) in [5.74, 6) is -0.0478. The SMILES string of the molecule is COC(=O)c1nc(Br)cnc1N1CCC(C)(NC(=O)OC(C)(C)C)CC1. The summed E-state index contributed by atoms with van der Waals surface area (Å²) in [5, 5.41) is 2.96. The minimum Gasteiger partial charge on any atom is -0.464 e. The second kappa shape index (κ2) is 7.77. The third-order valence-corrected chi connectivity index (χ3v) is 4.45. The van der Waals surface area contributed by atoms with Crippen molar-refractivity contribution in [1.29, 1.82) is 0 Å². The van der Waals surface area contributed by atoms with E-state index in [2.05, 4.69) is 31.2 Å². The molecule has 2 rings (SSSR count). The zero-order chi connectivity index (χ0) is 19.5. The molecule has 0 saturated carbocycles. The van der Waals surface area contributed by atoms with Crippen molar-refractivity contribution in [2.75, 3.05) is 25.1 Å². The minimum atomic E-state index is -0.538. The van der Waals surface area contributed by atoms with Crippen molar-refractivity contribution in [2.45, 2.75) is 51.7 Å². The van der Waals surface area contributed by atoms with Gasteiger partial charge in [-0.1, -0.05) is 0 Å². The number of ether oxygens (including phenoxy) is 2. The van der Waals surface area contributed by atoms with Crippen LogP contribution < -0.4 is 10.2 Å². The molecule has 0 spiro atoms. The van der Waals surface area contributed by atoms with Gasteiger partial charge in [0.05, 0.1) is 13.3 Å². The summed E-state index contributed by atoms with van der Waals surface area (Å²) in [6, 6.07) is 0. The Morgan fingerprint density at radius 1 is 1.31 bits per heavy atom. The molecular weight excluding hydrogens is 404 g/mol. The average Bonchev–Trinajstić information content (AvgIpc) is 2.53. The number of amides is 1. The molecule has 0 aromatic carbocycles. The number of piperidine rings is 1. The number of nitrogens with zero attached hydrogens (tertiary/aromatic N) is 3. The summed E-state index contributed by atoms with van der Waals surface area (Å²) >= 11 is 3.23. The first kappa shape index (κ1) is 20.4. The molecule has 1 fully saturated rings. The van der Waals surface area contributed by atoms with Crippen molar-refractivity contribution in [2.24, 2.45) is 0 Å². The first-order valence-corrected chi connectivity index (χ1v) is 9.19. The zero-order valence-electron chi connectivity index (χ0n) is 15.8. The maximum absolute atomic E-state index is 12.1. The number of aromatic nitrogens is 2. The van der Waals surface area contributed by atoms with Gasteiger partial charge in [-0.05, 0) is 56.5 Å². The normalized spacial score (nSPS) is 16.8. The van der Waals surface area contributed by atoms with Crippen LogP contribution in [0, 0.1) is 0 Å². The van der Waals surface area contributed by atoms with Crippen molar-refractivity contribution in [3.8, 4) is 0 Å². The highest BCUT2D eigenvalue weighted by Crippen LogP contribution is 2.28. The highest BCUT2D eigenvalue weighted by atomic mass is 79.9.